The van der Waals surface area contributed by atoms with Crippen molar-refractivity contribution in [1.29, 1.82) is 0 Å². The Balaban J connectivity index is 3.11. The predicted molar refractivity (Wildman–Crippen MR) is 80.7 cm³/mol. The second kappa shape index (κ2) is 14.0. The minimum absolute atomic E-state index is 0.00882. The molecule has 0 bridgehead atoms. The summed E-state index contributed by atoms with van der Waals surface area (Å²) in [5.41, 5.74) is 0. The van der Waals surface area contributed by atoms with Gasteiger partial charge >= 0.3 is 0 Å². The lowest BCUT2D eigenvalue weighted by Gasteiger charge is -2.00. The van der Waals surface area contributed by atoms with Crippen LogP contribution in [0.15, 0.2) is 37.5 Å². The Kier molecular flexibility index (Phi) is 13.1. The van der Waals surface area contributed by atoms with Gasteiger partial charge in [0.1, 0.15) is 0 Å². The summed E-state index contributed by atoms with van der Waals surface area (Å²) in [5.74, 6) is 0.00882. The highest BCUT2D eigenvalue weighted by Crippen LogP contribution is 2.10. The topological polar surface area (TPSA) is 17.1 Å². The van der Waals surface area contributed by atoms with Crippen molar-refractivity contribution in [3.05, 3.63) is 37.5 Å². The third kappa shape index (κ3) is 13.0. The van der Waals surface area contributed by atoms with Crippen LogP contribution in [0.5, 0.6) is 0 Å². The van der Waals surface area contributed by atoms with E-state index < -0.39 is 0 Å². The molecule has 0 aliphatic heterocycles. The van der Waals surface area contributed by atoms with E-state index in [9.17, 15) is 4.79 Å². The molecule has 0 saturated carbocycles. The van der Waals surface area contributed by atoms with Crippen molar-refractivity contribution in [2.75, 3.05) is 0 Å². The van der Waals surface area contributed by atoms with Gasteiger partial charge < -0.3 is 0 Å². The standard InChI is InChI=1S/C17H28O/c1-3-5-6-7-8-9-10-11-12-13-14-15-16-17(18)4-2/h3-4,15-16H,1-2,5-14H2. The molecule has 0 heterocycles. The van der Waals surface area contributed by atoms with Gasteiger partial charge in [-0.2, -0.15) is 0 Å². The molecule has 0 amide bonds. The predicted octanol–water partition coefficient (Wildman–Crippen LogP) is 5.38. The number of allylic oxidation sites excluding steroid dienone is 4. The van der Waals surface area contributed by atoms with Crippen molar-refractivity contribution in [1.82, 2.24) is 0 Å². The Morgan fingerprint density at radius 1 is 0.778 bits per heavy atom. The second-order valence-electron chi connectivity index (χ2n) is 4.70. The Morgan fingerprint density at radius 2 is 1.28 bits per heavy atom. The zero-order valence-electron chi connectivity index (χ0n) is 11.7. The maximum absolute atomic E-state index is 10.9. The zero-order valence-corrected chi connectivity index (χ0v) is 11.7. The van der Waals surface area contributed by atoms with Gasteiger partial charge in [-0.15, -0.1) is 6.58 Å². The molecule has 0 spiro atoms. The van der Waals surface area contributed by atoms with Crippen molar-refractivity contribution in [3.63, 3.8) is 0 Å². The van der Waals surface area contributed by atoms with E-state index >= 15 is 0 Å². The van der Waals surface area contributed by atoms with Crippen LogP contribution in [-0.4, -0.2) is 5.78 Å². The van der Waals surface area contributed by atoms with E-state index in [1.165, 1.54) is 57.4 Å². The lowest BCUT2D eigenvalue weighted by Crippen LogP contribution is -1.83. The SMILES string of the molecule is C=CCCCCCCCCCCC=CC(=O)C=C. The van der Waals surface area contributed by atoms with E-state index in [4.69, 9.17) is 0 Å². The number of rotatable bonds is 13. The fourth-order valence-corrected chi connectivity index (χ4v) is 1.88. The van der Waals surface area contributed by atoms with Crippen LogP contribution in [0.25, 0.3) is 0 Å². The average Bonchev–Trinajstić information content (AvgIpc) is 2.39. The summed E-state index contributed by atoms with van der Waals surface area (Å²) in [4.78, 5) is 10.9. The Bertz CT molecular complexity index is 250. The van der Waals surface area contributed by atoms with Crippen LogP contribution in [0.3, 0.4) is 0 Å². The minimum Gasteiger partial charge on any atom is -0.290 e. The molecule has 0 aromatic carbocycles. The van der Waals surface area contributed by atoms with Gasteiger partial charge in [0.2, 0.25) is 0 Å². The Labute approximate surface area is 113 Å². The molecular weight excluding hydrogens is 220 g/mol. The van der Waals surface area contributed by atoms with Gasteiger partial charge in [-0.1, -0.05) is 57.3 Å². The van der Waals surface area contributed by atoms with E-state index in [1.54, 1.807) is 6.08 Å². The van der Waals surface area contributed by atoms with E-state index in [1.807, 2.05) is 12.2 Å². The van der Waals surface area contributed by atoms with Crippen LogP contribution in [0.2, 0.25) is 0 Å². The van der Waals surface area contributed by atoms with Gasteiger partial charge in [-0.25, -0.2) is 0 Å². The number of hydrogen-bond acceptors (Lipinski definition) is 1. The molecule has 0 unspecified atom stereocenters. The van der Waals surface area contributed by atoms with E-state index in [0.29, 0.717) is 0 Å². The third-order valence-electron chi connectivity index (χ3n) is 3.01. The molecule has 18 heavy (non-hydrogen) atoms. The van der Waals surface area contributed by atoms with Crippen molar-refractivity contribution in [2.45, 2.75) is 64.2 Å². The fourth-order valence-electron chi connectivity index (χ4n) is 1.88. The number of hydrogen-bond donors (Lipinski definition) is 0. The second-order valence-corrected chi connectivity index (χ2v) is 4.70. The van der Waals surface area contributed by atoms with Crippen molar-refractivity contribution >= 4 is 5.78 Å². The van der Waals surface area contributed by atoms with Crippen molar-refractivity contribution < 1.29 is 4.79 Å². The number of carbonyl (C=O) groups is 1. The maximum Gasteiger partial charge on any atom is 0.177 e. The fraction of sp³-hybridized carbons (Fsp3) is 0.588. The van der Waals surface area contributed by atoms with Crippen molar-refractivity contribution in [2.24, 2.45) is 0 Å². The van der Waals surface area contributed by atoms with Crippen LogP contribution < -0.4 is 0 Å². The van der Waals surface area contributed by atoms with Gasteiger partial charge in [0.25, 0.3) is 0 Å². The number of unbranched alkanes of at least 4 members (excludes halogenated alkanes) is 9. The first-order valence-corrected chi connectivity index (χ1v) is 7.25. The minimum atomic E-state index is 0.00882. The van der Waals surface area contributed by atoms with Crippen LogP contribution in [0.4, 0.5) is 0 Å². The number of ketones is 1. The quantitative estimate of drug-likeness (QED) is 0.243. The molecule has 1 heteroatoms. The normalized spacial score (nSPS) is 10.7. The molecular formula is C17H28O. The molecule has 0 aromatic rings. The Morgan fingerprint density at radius 3 is 1.78 bits per heavy atom. The van der Waals surface area contributed by atoms with Gasteiger partial charge in [0.15, 0.2) is 5.78 Å². The zero-order chi connectivity index (χ0) is 13.5. The van der Waals surface area contributed by atoms with Gasteiger partial charge in [-0.05, 0) is 37.8 Å². The van der Waals surface area contributed by atoms with Crippen molar-refractivity contribution in [3.8, 4) is 0 Å². The number of carbonyl (C=O) groups excluding carboxylic acids is 1. The first kappa shape index (κ1) is 16.9. The summed E-state index contributed by atoms with van der Waals surface area (Å²) < 4.78 is 0. The highest BCUT2D eigenvalue weighted by atomic mass is 16.1. The molecule has 1 nitrogen and oxygen atoms in total. The van der Waals surface area contributed by atoms with Crippen LogP contribution >= 0.6 is 0 Å². The third-order valence-corrected chi connectivity index (χ3v) is 3.01. The molecule has 0 radical (unpaired) electrons. The van der Waals surface area contributed by atoms with Crippen LogP contribution in [0.1, 0.15) is 64.2 Å². The van der Waals surface area contributed by atoms with Gasteiger partial charge in [-0.3, -0.25) is 4.79 Å². The van der Waals surface area contributed by atoms with Gasteiger partial charge in [0, 0.05) is 0 Å². The largest absolute Gasteiger partial charge is 0.290 e. The summed E-state index contributed by atoms with van der Waals surface area (Å²) >= 11 is 0. The lowest BCUT2D eigenvalue weighted by molar-refractivity contribution is -0.110. The smallest absolute Gasteiger partial charge is 0.177 e. The molecule has 0 N–H and O–H groups in total. The molecule has 102 valence electrons. The molecule has 0 rings (SSSR count). The lowest BCUT2D eigenvalue weighted by atomic mass is 10.1. The molecule has 0 aliphatic rings. The first-order valence-electron chi connectivity index (χ1n) is 7.25. The Hall–Kier alpha value is -1.11. The monoisotopic (exact) mass is 248 g/mol. The van der Waals surface area contributed by atoms with E-state index in [-0.39, 0.29) is 5.78 Å². The van der Waals surface area contributed by atoms with Gasteiger partial charge in [0.05, 0.1) is 0 Å². The summed E-state index contributed by atoms with van der Waals surface area (Å²) in [5, 5.41) is 0. The highest BCUT2D eigenvalue weighted by molar-refractivity contribution is 5.98. The average molecular weight is 248 g/mol. The summed E-state index contributed by atoms with van der Waals surface area (Å²) in [7, 11) is 0. The molecule has 0 atom stereocenters. The molecule has 0 aliphatic carbocycles. The highest BCUT2D eigenvalue weighted by Gasteiger charge is 1.91. The summed E-state index contributed by atoms with van der Waals surface area (Å²) in [6.07, 6.45) is 19.6. The van der Waals surface area contributed by atoms with E-state index in [2.05, 4.69) is 13.2 Å². The maximum atomic E-state index is 10.9. The molecule has 0 fully saturated rings. The molecule has 0 aromatic heterocycles. The first-order chi connectivity index (χ1) is 8.81. The van der Waals surface area contributed by atoms with Crippen LogP contribution in [0, 0.1) is 0 Å². The van der Waals surface area contributed by atoms with E-state index in [0.717, 1.165) is 12.8 Å². The van der Waals surface area contributed by atoms with Crippen LogP contribution in [-0.2, 0) is 4.79 Å². The molecule has 0 saturated heterocycles. The summed E-state index contributed by atoms with van der Waals surface area (Å²) in [6, 6.07) is 0. The summed E-state index contributed by atoms with van der Waals surface area (Å²) in [6.45, 7) is 7.16.